The molecule has 92 valence electrons. The van der Waals surface area contributed by atoms with Gasteiger partial charge < -0.3 is 10.4 Å². The molecule has 1 aromatic rings. The third-order valence-corrected chi connectivity index (χ3v) is 3.21. The topological polar surface area (TPSA) is 49.3 Å². The standard InChI is InChI=1S/C13H16FNO2/c1-8(9-2-3-9)7-15-13(17)11-5-4-10(16)6-12(11)14/h4-6,8-9,16H,2-3,7H2,1H3,(H,15,17). The molecule has 0 spiro atoms. The Morgan fingerprint density at radius 2 is 2.29 bits per heavy atom. The lowest BCUT2D eigenvalue weighted by atomic mass is 10.1. The van der Waals surface area contributed by atoms with Gasteiger partial charge in [0.15, 0.2) is 0 Å². The number of benzene rings is 1. The maximum atomic E-state index is 13.4. The minimum absolute atomic E-state index is 0.0224. The summed E-state index contributed by atoms with van der Waals surface area (Å²) in [7, 11) is 0. The largest absolute Gasteiger partial charge is 0.508 e. The third-order valence-electron chi connectivity index (χ3n) is 3.21. The van der Waals surface area contributed by atoms with Gasteiger partial charge in [-0.1, -0.05) is 6.92 Å². The molecule has 1 saturated carbocycles. The third kappa shape index (κ3) is 2.96. The van der Waals surface area contributed by atoms with E-state index >= 15 is 0 Å². The van der Waals surface area contributed by atoms with Crippen LogP contribution in [0, 0.1) is 17.7 Å². The Kier molecular flexibility index (Phi) is 3.31. The summed E-state index contributed by atoms with van der Waals surface area (Å²) in [5.74, 6) is -0.138. The van der Waals surface area contributed by atoms with E-state index in [1.165, 1.54) is 25.0 Å². The van der Waals surface area contributed by atoms with Crippen molar-refractivity contribution in [1.29, 1.82) is 0 Å². The van der Waals surface area contributed by atoms with Crippen LogP contribution in [0.5, 0.6) is 5.75 Å². The fraction of sp³-hybridized carbons (Fsp3) is 0.462. The molecule has 1 fully saturated rings. The number of amides is 1. The number of halogens is 1. The SMILES string of the molecule is CC(CNC(=O)c1ccc(O)cc1F)C1CC1. The predicted octanol–water partition coefficient (Wildman–Crippen LogP) is 2.31. The Morgan fingerprint density at radius 1 is 1.59 bits per heavy atom. The van der Waals surface area contributed by atoms with Crippen LogP contribution in [0.3, 0.4) is 0 Å². The first-order chi connectivity index (χ1) is 8.08. The van der Waals surface area contributed by atoms with Crippen molar-refractivity contribution in [3.05, 3.63) is 29.6 Å². The lowest BCUT2D eigenvalue weighted by molar-refractivity contribution is 0.0942. The maximum absolute atomic E-state index is 13.4. The zero-order valence-electron chi connectivity index (χ0n) is 9.74. The summed E-state index contributed by atoms with van der Waals surface area (Å²) in [4.78, 5) is 11.7. The molecule has 4 heteroatoms. The van der Waals surface area contributed by atoms with Crippen LogP contribution in [-0.4, -0.2) is 17.6 Å². The Hall–Kier alpha value is -1.58. The number of nitrogens with one attached hydrogen (secondary N) is 1. The van der Waals surface area contributed by atoms with E-state index < -0.39 is 11.7 Å². The second-order valence-electron chi connectivity index (χ2n) is 4.69. The molecule has 0 bridgehead atoms. The van der Waals surface area contributed by atoms with Crippen LogP contribution >= 0.6 is 0 Å². The van der Waals surface area contributed by atoms with Gasteiger partial charge in [0, 0.05) is 12.6 Å². The first-order valence-corrected chi connectivity index (χ1v) is 5.84. The van der Waals surface area contributed by atoms with Gasteiger partial charge in [-0.05, 0) is 36.8 Å². The molecule has 1 atom stereocenters. The Balaban J connectivity index is 1.94. The summed E-state index contributed by atoms with van der Waals surface area (Å²) in [6.07, 6.45) is 2.45. The van der Waals surface area contributed by atoms with E-state index in [1.807, 2.05) is 0 Å². The van der Waals surface area contributed by atoms with Gasteiger partial charge in [0.25, 0.3) is 5.91 Å². The van der Waals surface area contributed by atoms with Crippen LogP contribution in [0.2, 0.25) is 0 Å². The first kappa shape index (κ1) is 11.9. The highest BCUT2D eigenvalue weighted by Crippen LogP contribution is 2.36. The molecule has 0 saturated heterocycles. The van der Waals surface area contributed by atoms with E-state index in [1.54, 1.807) is 0 Å². The number of carbonyl (C=O) groups is 1. The quantitative estimate of drug-likeness (QED) is 0.844. The van der Waals surface area contributed by atoms with Gasteiger partial charge in [-0.15, -0.1) is 0 Å². The van der Waals surface area contributed by atoms with Crippen LogP contribution in [0.15, 0.2) is 18.2 Å². The van der Waals surface area contributed by atoms with Crippen LogP contribution in [0.25, 0.3) is 0 Å². The molecule has 0 aliphatic heterocycles. The average Bonchev–Trinajstić information content (AvgIpc) is 3.09. The number of hydrogen-bond acceptors (Lipinski definition) is 2. The fourth-order valence-electron chi connectivity index (χ4n) is 1.87. The van der Waals surface area contributed by atoms with E-state index in [2.05, 4.69) is 12.2 Å². The van der Waals surface area contributed by atoms with Crippen molar-refractivity contribution in [3.63, 3.8) is 0 Å². The molecule has 2 rings (SSSR count). The smallest absolute Gasteiger partial charge is 0.254 e. The number of aromatic hydroxyl groups is 1. The highest BCUT2D eigenvalue weighted by atomic mass is 19.1. The zero-order chi connectivity index (χ0) is 12.4. The van der Waals surface area contributed by atoms with Crippen LogP contribution < -0.4 is 5.32 Å². The highest BCUT2D eigenvalue weighted by Gasteiger charge is 2.28. The Labute approximate surface area is 99.7 Å². The molecule has 1 aliphatic rings. The molecule has 0 radical (unpaired) electrons. The molecule has 17 heavy (non-hydrogen) atoms. The molecule has 1 unspecified atom stereocenters. The fourth-order valence-corrected chi connectivity index (χ4v) is 1.87. The van der Waals surface area contributed by atoms with E-state index in [9.17, 15) is 9.18 Å². The molecule has 1 aliphatic carbocycles. The van der Waals surface area contributed by atoms with E-state index in [-0.39, 0.29) is 11.3 Å². The lowest BCUT2D eigenvalue weighted by Crippen LogP contribution is -2.29. The van der Waals surface area contributed by atoms with Crippen LogP contribution in [-0.2, 0) is 0 Å². The minimum atomic E-state index is -0.693. The van der Waals surface area contributed by atoms with Gasteiger partial charge >= 0.3 is 0 Å². The van der Waals surface area contributed by atoms with Crippen molar-refractivity contribution < 1.29 is 14.3 Å². The second kappa shape index (κ2) is 4.73. The van der Waals surface area contributed by atoms with Gasteiger partial charge in [0.2, 0.25) is 0 Å². The van der Waals surface area contributed by atoms with Crippen LogP contribution in [0.1, 0.15) is 30.1 Å². The van der Waals surface area contributed by atoms with Crippen molar-refractivity contribution in [2.75, 3.05) is 6.54 Å². The maximum Gasteiger partial charge on any atom is 0.254 e. The Bertz CT molecular complexity index is 429. The number of phenols is 1. The summed E-state index contributed by atoms with van der Waals surface area (Å²) < 4.78 is 13.4. The van der Waals surface area contributed by atoms with Crippen molar-refractivity contribution >= 4 is 5.91 Å². The number of phenolic OH excluding ortho intramolecular Hbond substituents is 1. The second-order valence-corrected chi connectivity index (χ2v) is 4.69. The molecule has 0 heterocycles. The van der Waals surface area contributed by atoms with E-state index in [0.717, 1.165) is 6.07 Å². The highest BCUT2D eigenvalue weighted by molar-refractivity contribution is 5.94. The van der Waals surface area contributed by atoms with E-state index in [4.69, 9.17) is 5.11 Å². The number of carbonyl (C=O) groups excluding carboxylic acids is 1. The van der Waals surface area contributed by atoms with E-state index in [0.29, 0.717) is 18.4 Å². The van der Waals surface area contributed by atoms with Gasteiger partial charge in [-0.2, -0.15) is 0 Å². The van der Waals surface area contributed by atoms with Gasteiger partial charge in [0.05, 0.1) is 5.56 Å². The van der Waals surface area contributed by atoms with Gasteiger partial charge in [-0.25, -0.2) is 4.39 Å². The number of hydrogen-bond donors (Lipinski definition) is 2. The van der Waals surface area contributed by atoms with Gasteiger partial charge in [-0.3, -0.25) is 4.79 Å². The minimum Gasteiger partial charge on any atom is -0.508 e. The average molecular weight is 237 g/mol. The lowest BCUT2D eigenvalue weighted by Gasteiger charge is -2.11. The van der Waals surface area contributed by atoms with Crippen molar-refractivity contribution in [2.45, 2.75) is 19.8 Å². The number of rotatable bonds is 4. The molecule has 1 amide bonds. The molecule has 1 aromatic carbocycles. The van der Waals surface area contributed by atoms with Crippen molar-refractivity contribution in [2.24, 2.45) is 11.8 Å². The summed E-state index contributed by atoms with van der Waals surface area (Å²) in [6, 6.07) is 3.54. The normalized spacial score (nSPS) is 16.6. The van der Waals surface area contributed by atoms with Crippen molar-refractivity contribution in [1.82, 2.24) is 5.32 Å². The van der Waals surface area contributed by atoms with Crippen LogP contribution in [0.4, 0.5) is 4.39 Å². The zero-order valence-corrected chi connectivity index (χ0v) is 9.74. The predicted molar refractivity (Wildman–Crippen MR) is 62.3 cm³/mol. The molecular weight excluding hydrogens is 221 g/mol. The first-order valence-electron chi connectivity index (χ1n) is 5.84. The van der Waals surface area contributed by atoms with Crippen molar-refractivity contribution in [3.8, 4) is 5.75 Å². The molecular formula is C13H16FNO2. The molecule has 3 nitrogen and oxygen atoms in total. The summed E-state index contributed by atoms with van der Waals surface area (Å²) in [5, 5.41) is 11.8. The van der Waals surface area contributed by atoms with Gasteiger partial charge in [0.1, 0.15) is 11.6 Å². The molecule has 0 aromatic heterocycles. The summed E-state index contributed by atoms with van der Waals surface area (Å²) in [5.41, 5.74) is -0.0224. The summed E-state index contributed by atoms with van der Waals surface area (Å²) >= 11 is 0. The Morgan fingerprint density at radius 3 is 2.88 bits per heavy atom. The summed E-state index contributed by atoms with van der Waals surface area (Å²) in [6.45, 7) is 2.66. The molecule has 2 N–H and O–H groups in total. The monoisotopic (exact) mass is 237 g/mol.